The summed E-state index contributed by atoms with van der Waals surface area (Å²) in [6.45, 7) is 6.05. The van der Waals surface area contributed by atoms with E-state index in [1.165, 1.54) is 23.0 Å². The Morgan fingerprint density at radius 1 is 1.19 bits per heavy atom. The van der Waals surface area contributed by atoms with Gasteiger partial charge >= 0.3 is 6.18 Å². The molecule has 0 spiro atoms. The highest BCUT2D eigenvalue weighted by Crippen LogP contribution is 2.37. The Labute approximate surface area is 271 Å². The van der Waals surface area contributed by atoms with Crippen molar-refractivity contribution in [2.24, 2.45) is 0 Å². The first-order valence-electron chi connectivity index (χ1n) is 14.9. The zero-order valence-corrected chi connectivity index (χ0v) is 25.9. The van der Waals surface area contributed by atoms with E-state index in [0.717, 1.165) is 44.6 Å². The SMILES string of the molecule is CCc1cc(Nc2nccn3c(-c4cn(CC(F)F)nc4C(F)(F)F)cnc23)ccc1C(=O)NCCOCCN1CCOCC1.O=CO. The quantitative estimate of drug-likeness (QED) is 0.108. The first-order chi connectivity index (χ1) is 23.0. The van der Waals surface area contributed by atoms with E-state index in [4.69, 9.17) is 19.4 Å². The molecule has 13 nitrogen and oxygen atoms in total. The highest BCUT2D eigenvalue weighted by Gasteiger charge is 2.38. The van der Waals surface area contributed by atoms with Crippen molar-refractivity contribution < 1.29 is 46.1 Å². The number of benzene rings is 1. The van der Waals surface area contributed by atoms with E-state index in [0.29, 0.717) is 42.1 Å². The van der Waals surface area contributed by atoms with Crippen LogP contribution in [0.25, 0.3) is 16.9 Å². The third kappa shape index (κ3) is 9.45. The zero-order valence-electron chi connectivity index (χ0n) is 25.9. The Morgan fingerprint density at radius 3 is 2.62 bits per heavy atom. The topological polar surface area (TPSA) is 148 Å². The minimum atomic E-state index is -4.87. The standard InChI is InChI=1S/C29H33F5N8O3.CH2O2/c1-2-19-15-20(3-4-21(19)28(43)36-6-11-44-12-8-40-9-13-45-14-10-40)38-26-27-37-16-23(42(27)7-5-35-26)22-17-41(18-24(30)31)39-25(22)29(32,33)34;2-1-3/h3-5,7,15-17,24H,2,6,8-14,18H2,1H3,(H,35,38)(H,36,43);1H,(H,2,3). The van der Waals surface area contributed by atoms with E-state index in [9.17, 15) is 26.7 Å². The molecule has 18 heteroatoms. The number of hydrogen-bond donors (Lipinski definition) is 3. The molecule has 0 atom stereocenters. The lowest BCUT2D eigenvalue weighted by atomic mass is 10.0. The lowest BCUT2D eigenvalue weighted by molar-refractivity contribution is -0.141. The van der Waals surface area contributed by atoms with E-state index in [1.54, 1.807) is 18.2 Å². The van der Waals surface area contributed by atoms with Crippen LogP contribution in [0, 0.1) is 0 Å². The van der Waals surface area contributed by atoms with Gasteiger partial charge in [0.15, 0.2) is 17.2 Å². The fourth-order valence-electron chi connectivity index (χ4n) is 5.03. The molecule has 3 N–H and O–H groups in total. The Kier molecular flexibility index (Phi) is 12.8. The maximum absolute atomic E-state index is 13.7. The maximum Gasteiger partial charge on any atom is 0.435 e. The second kappa shape index (κ2) is 16.9. The Bertz CT molecular complexity index is 1660. The van der Waals surface area contributed by atoms with E-state index < -0.39 is 24.8 Å². The number of carbonyl (C=O) groups is 2. The molecule has 0 unspecified atom stereocenters. The summed E-state index contributed by atoms with van der Waals surface area (Å²) in [5.41, 5.74) is 0.386. The molecule has 4 heterocycles. The lowest BCUT2D eigenvalue weighted by Crippen LogP contribution is -2.38. The van der Waals surface area contributed by atoms with Gasteiger partial charge in [-0.1, -0.05) is 6.92 Å². The van der Waals surface area contributed by atoms with Crippen LogP contribution in [0.2, 0.25) is 0 Å². The third-order valence-electron chi connectivity index (χ3n) is 7.24. The average molecular weight is 683 g/mol. The second-order valence-corrected chi connectivity index (χ2v) is 10.4. The summed E-state index contributed by atoms with van der Waals surface area (Å²) in [6, 6.07) is 5.16. The molecule has 0 saturated carbocycles. The molecule has 1 saturated heterocycles. The molecule has 260 valence electrons. The second-order valence-electron chi connectivity index (χ2n) is 10.4. The number of fused-ring (bicyclic) bond motifs is 1. The highest BCUT2D eigenvalue weighted by atomic mass is 19.4. The smallest absolute Gasteiger partial charge is 0.435 e. The van der Waals surface area contributed by atoms with Crippen molar-refractivity contribution >= 4 is 29.5 Å². The van der Waals surface area contributed by atoms with Gasteiger partial charge in [-0.3, -0.25) is 23.6 Å². The number of carbonyl (C=O) groups excluding carboxylic acids is 1. The van der Waals surface area contributed by atoms with Crippen LogP contribution < -0.4 is 10.6 Å². The Morgan fingerprint density at radius 2 is 1.94 bits per heavy atom. The van der Waals surface area contributed by atoms with E-state index in [1.807, 2.05) is 6.92 Å². The maximum atomic E-state index is 13.7. The summed E-state index contributed by atoms with van der Waals surface area (Å²) < 4.78 is 79.9. The van der Waals surface area contributed by atoms with Crippen LogP contribution in [-0.4, -0.2) is 106 Å². The van der Waals surface area contributed by atoms with Crippen molar-refractivity contribution in [3.05, 3.63) is 59.8 Å². The largest absolute Gasteiger partial charge is 0.483 e. The predicted molar refractivity (Wildman–Crippen MR) is 163 cm³/mol. The molecular weight excluding hydrogens is 647 g/mol. The van der Waals surface area contributed by atoms with Gasteiger partial charge in [0.05, 0.1) is 43.9 Å². The van der Waals surface area contributed by atoms with Crippen molar-refractivity contribution in [2.75, 3.05) is 57.9 Å². The highest BCUT2D eigenvalue weighted by molar-refractivity contribution is 5.96. The van der Waals surface area contributed by atoms with Crippen molar-refractivity contribution in [2.45, 2.75) is 32.5 Å². The number of rotatable bonds is 13. The van der Waals surface area contributed by atoms with Crippen LogP contribution >= 0.6 is 0 Å². The fraction of sp³-hybridized carbons (Fsp3) is 0.433. The van der Waals surface area contributed by atoms with E-state index >= 15 is 0 Å². The first-order valence-corrected chi connectivity index (χ1v) is 14.9. The number of morpholine rings is 1. The van der Waals surface area contributed by atoms with Gasteiger partial charge in [0.25, 0.3) is 18.8 Å². The lowest BCUT2D eigenvalue weighted by Gasteiger charge is -2.26. The van der Waals surface area contributed by atoms with Crippen molar-refractivity contribution in [1.29, 1.82) is 0 Å². The van der Waals surface area contributed by atoms with Gasteiger partial charge in [0.2, 0.25) is 0 Å². The van der Waals surface area contributed by atoms with Crippen LogP contribution in [0.5, 0.6) is 0 Å². The number of hydrogen-bond acceptors (Lipinski definition) is 9. The van der Waals surface area contributed by atoms with Gasteiger partial charge in [-0.05, 0) is 30.2 Å². The molecule has 1 aliphatic heterocycles. The number of ether oxygens (including phenoxy) is 2. The normalized spacial score (nSPS) is 13.7. The average Bonchev–Trinajstić information content (AvgIpc) is 3.68. The number of halogens is 5. The van der Waals surface area contributed by atoms with Gasteiger partial charge in [-0.2, -0.15) is 18.3 Å². The summed E-state index contributed by atoms with van der Waals surface area (Å²) >= 11 is 0. The van der Waals surface area contributed by atoms with Gasteiger partial charge in [0.1, 0.15) is 6.54 Å². The van der Waals surface area contributed by atoms with Crippen LogP contribution in [0.4, 0.5) is 33.5 Å². The fourth-order valence-corrected chi connectivity index (χ4v) is 5.03. The summed E-state index contributed by atoms with van der Waals surface area (Å²) in [7, 11) is 0. The van der Waals surface area contributed by atoms with Crippen molar-refractivity contribution in [1.82, 2.24) is 34.4 Å². The summed E-state index contributed by atoms with van der Waals surface area (Å²) in [4.78, 5) is 32.1. The predicted octanol–water partition coefficient (Wildman–Crippen LogP) is 3.96. The minimum absolute atomic E-state index is 0.00892. The van der Waals surface area contributed by atoms with Gasteiger partial charge in [-0.25, -0.2) is 18.7 Å². The number of carboxylic acid groups (broad SMARTS) is 1. The summed E-state index contributed by atoms with van der Waals surface area (Å²) in [5, 5.41) is 16.2. The molecular formula is C30H35F5N8O5. The van der Waals surface area contributed by atoms with Crippen LogP contribution in [0.15, 0.2) is 43.0 Å². The third-order valence-corrected chi connectivity index (χ3v) is 7.24. The molecule has 0 bridgehead atoms. The molecule has 0 radical (unpaired) electrons. The monoisotopic (exact) mass is 682 g/mol. The zero-order chi connectivity index (χ0) is 34.7. The molecule has 1 aliphatic rings. The molecule has 1 amide bonds. The molecule has 1 fully saturated rings. The van der Waals surface area contributed by atoms with Crippen LogP contribution in [0.1, 0.15) is 28.5 Å². The summed E-state index contributed by atoms with van der Waals surface area (Å²) in [6.07, 6.45) is -2.26. The number of amides is 1. The molecule has 5 rings (SSSR count). The van der Waals surface area contributed by atoms with E-state index in [2.05, 4.69) is 30.6 Å². The number of imidazole rings is 1. The van der Waals surface area contributed by atoms with Gasteiger partial charge in [-0.15, -0.1) is 0 Å². The van der Waals surface area contributed by atoms with Crippen LogP contribution in [0.3, 0.4) is 0 Å². The van der Waals surface area contributed by atoms with E-state index in [-0.39, 0.29) is 35.1 Å². The van der Waals surface area contributed by atoms with Crippen LogP contribution in [-0.2, 0) is 33.4 Å². The number of aryl methyl sites for hydroxylation is 1. The Hall–Kier alpha value is -4.68. The molecule has 1 aromatic carbocycles. The number of alkyl halides is 5. The van der Waals surface area contributed by atoms with Gasteiger partial charge < -0.3 is 25.2 Å². The summed E-state index contributed by atoms with van der Waals surface area (Å²) in [5.74, 6) is 0.00641. The molecule has 0 aliphatic carbocycles. The molecule has 3 aromatic heterocycles. The minimum Gasteiger partial charge on any atom is -0.483 e. The first kappa shape index (κ1) is 36.2. The van der Waals surface area contributed by atoms with Crippen molar-refractivity contribution in [3.63, 3.8) is 0 Å². The number of nitrogens with zero attached hydrogens (tertiary/aromatic N) is 6. The molecule has 48 heavy (non-hydrogen) atoms. The van der Waals surface area contributed by atoms with Crippen molar-refractivity contribution in [3.8, 4) is 11.3 Å². The Balaban J connectivity index is 0.00000167. The number of aromatic nitrogens is 5. The number of anilines is 2. The van der Waals surface area contributed by atoms with Gasteiger partial charge in [0, 0.05) is 56.0 Å². The number of nitrogens with one attached hydrogen (secondary N) is 2. The molecule has 4 aromatic rings.